The summed E-state index contributed by atoms with van der Waals surface area (Å²) in [6.45, 7) is 6.87. The molecule has 0 saturated carbocycles. The standard InChI is InChI=1S/C24H33N3O4/c1-3-25-23(28)26-14-19-10-11-24(31-19)16-27(12-13-30-17-24)15-18-8-9-22(29-2)21-7-5-4-6-20(18)21/h4-9,19H,3,10-17H2,1-2H3,(H2,25,26,28)/t19-,24-/m1/s1. The smallest absolute Gasteiger partial charge is 0.314 e. The molecule has 0 aromatic heterocycles. The molecule has 31 heavy (non-hydrogen) atoms. The topological polar surface area (TPSA) is 72.1 Å². The van der Waals surface area contributed by atoms with E-state index >= 15 is 0 Å². The summed E-state index contributed by atoms with van der Waals surface area (Å²) in [5.74, 6) is 0.900. The Labute approximate surface area is 184 Å². The van der Waals surface area contributed by atoms with Crippen LogP contribution in [0.4, 0.5) is 4.79 Å². The van der Waals surface area contributed by atoms with Gasteiger partial charge in [0, 0.05) is 38.1 Å². The lowest BCUT2D eigenvalue weighted by molar-refractivity contribution is -0.0847. The molecule has 2 aliphatic rings. The highest BCUT2D eigenvalue weighted by Gasteiger charge is 2.43. The third-order valence-electron chi connectivity index (χ3n) is 6.18. The number of hydrogen-bond acceptors (Lipinski definition) is 5. The number of fused-ring (bicyclic) bond motifs is 1. The van der Waals surface area contributed by atoms with Gasteiger partial charge in [0.15, 0.2) is 0 Å². The first-order valence-electron chi connectivity index (χ1n) is 11.2. The fourth-order valence-corrected chi connectivity index (χ4v) is 4.70. The molecule has 2 fully saturated rings. The highest BCUT2D eigenvalue weighted by atomic mass is 16.6. The van der Waals surface area contributed by atoms with Gasteiger partial charge in [-0.05, 0) is 36.8 Å². The minimum absolute atomic E-state index is 0.0213. The summed E-state index contributed by atoms with van der Waals surface area (Å²) in [7, 11) is 1.71. The summed E-state index contributed by atoms with van der Waals surface area (Å²) < 4.78 is 18.0. The number of carbonyl (C=O) groups is 1. The monoisotopic (exact) mass is 427 g/mol. The van der Waals surface area contributed by atoms with Crippen LogP contribution in [0.3, 0.4) is 0 Å². The summed E-state index contributed by atoms with van der Waals surface area (Å²) in [5.41, 5.74) is 0.965. The molecule has 2 aliphatic heterocycles. The molecule has 2 N–H and O–H groups in total. The Hall–Kier alpha value is -2.35. The first kappa shape index (κ1) is 21.9. The summed E-state index contributed by atoms with van der Waals surface area (Å²) in [5, 5.41) is 8.02. The van der Waals surface area contributed by atoms with Crippen LogP contribution in [0, 0.1) is 0 Å². The van der Waals surface area contributed by atoms with E-state index in [0.717, 1.165) is 43.6 Å². The van der Waals surface area contributed by atoms with Crippen LogP contribution < -0.4 is 15.4 Å². The average molecular weight is 428 g/mol. The largest absolute Gasteiger partial charge is 0.496 e. The van der Waals surface area contributed by atoms with Crippen molar-refractivity contribution in [2.24, 2.45) is 0 Å². The Kier molecular flexibility index (Phi) is 6.95. The Morgan fingerprint density at radius 3 is 2.87 bits per heavy atom. The third-order valence-corrected chi connectivity index (χ3v) is 6.18. The maximum absolute atomic E-state index is 11.7. The summed E-state index contributed by atoms with van der Waals surface area (Å²) in [6.07, 6.45) is 1.89. The number of benzene rings is 2. The van der Waals surface area contributed by atoms with Crippen molar-refractivity contribution < 1.29 is 19.0 Å². The summed E-state index contributed by atoms with van der Waals surface area (Å²) in [6, 6.07) is 12.5. The summed E-state index contributed by atoms with van der Waals surface area (Å²) in [4.78, 5) is 14.1. The molecule has 0 radical (unpaired) electrons. The van der Waals surface area contributed by atoms with E-state index < -0.39 is 0 Å². The van der Waals surface area contributed by atoms with Gasteiger partial charge in [0.25, 0.3) is 0 Å². The van der Waals surface area contributed by atoms with Crippen molar-refractivity contribution >= 4 is 16.8 Å². The highest BCUT2D eigenvalue weighted by Crippen LogP contribution is 2.34. The van der Waals surface area contributed by atoms with Gasteiger partial charge in [0.05, 0.1) is 26.4 Å². The van der Waals surface area contributed by atoms with E-state index in [1.54, 1.807) is 7.11 Å². The van der Waals surface area contributed by atoms with Crippen LogP contribution in [-0.2, 0) is 16.0 Å². The molecule has 1 spiro atoms. The number of urea groups is 1. The molecule has 168 valence electrons. The van der Waals surface area contributed by atoms with E-state index in [1.165, 1.54) is 10.9 Å². The first-order valence-corrected chi connectivity index (χ1v) is 11.2. The minimum atomic E-state index is -0.313. The van der Waals surface area contributed by atoms with Crippen LogP contribution in [0.1, 0.15) is 25.3 Å². The van der Waals surface area contributed by atoms with Crippen LogP contribution in [0.2, 0.25) is 0 Å². The van der Waals surface area contributed by atoms with Crippen LogP contribution >= 0.6 is 0 Å². The van der Waals surface area contributed by atoms with Gasteiger partial charge in [0.2, 0.25) is 0 Å². The van der Waals surface area contributed by atoms with Crippen LogP contribution in [-0.4, -0.2) is 69.1 Å². The fourth-order valence-electron chi connectivity index (χ4n) is 4.70. The second-order valence-electron chi connectivity index (χ2n) is 8.44. The third kappa shape index (κ3) is 5.11. The van der Waals surface area contributed by atoms with Crippen molar-refractivity contribution in [1.29, 1.82) is 0 Å². The first-order chi connectivity index (χ1) is 15.1. The molecule has 0 unspecified atom stereocenters. The zero-order valence-electron chi connectivity index (χ0n) is 18.5. The predicted molar refractivity (Wildman–Crippen MR) is 121 cm³/mol. The van der Waals surface area contributed by atoms with E-state index in [9.17, 15) is 4.79 Å². The van der Waals surface area contributed by atoms with Gasteiger partial charge >= 0.3 is 6.03 Å². The number of carbonyl (C=O) groups excluding carboxylic acids is 1. The lowest BCUT2D eigenvalue weighted by Crippen LogP contribution is -2.46. The van der Waals surface area contributed by atoms with Gasteiger partial charge in [-0.3, -0.25) is 4.90 Å². The number of hydrogen-bond donors (Lipinski definition) is 2. The predicted octanol–water partition coefficient (Wildman–Crippen LogP) is 2.92. The van der Waals surface area contributed by atoms with Gasteiger partial charge in [-0.15, -0.1) is 0 Å². The molecule has 7 heteroatoms. The number of methoxy groups -OCH3 is 1. The fraction of sp³-hybridized carbons (Fsp3) is 0.542. The average Bonchev–Trinajstić information content (AvgIpc) is 3.07. The summed E-state index contributed by atoms with van der Waals surface area (Å²) >= 11 is 0. The zero-order valence-corrected chi connectivity index (χ0v) is 18.5. The van der Waals surface area contributed by atoms with Crippen LogP contribution in [0.25, 0.3) is 10.8 Å². The molecular weight excluding hydrogens is 394 g/mol. The van der Waals surface area contributed by atoms with Crippen LogP contribution in [0.5, 0.6) is 5.75 Å². The molecule has 0 bridgehead atoms. The number of ether oxygens (including phenoxy) is 3. The second-order valence-corrected chi connectivity index (χ2v) is 8.44. The SMILES string of the molecule is CCNC(=O)NC[C@H]1CC[C@@]2(COCCN(Cc3ccc(OC)c4ccccc34)C2)O1. The molecular formula is C24H33N3O4. The van der Waals surface area contributed by atoms with Crippen molar-refractivity contribution in [2.45, 2.75) is 38.0 Å². The Bertz CT molecular complexity index is 906. The Morgan fingerprint density at radius 2 is 2.06 bits per heavy atom. The molecule has 2 amide bonds. The van der Waals surface area contributed by atoms with Gasteiger partial charge < -0.3 is 24.8 Å². The van der Waals surface area contributed by atoms with Gasteiger partial charge in [-0.1, -0.05) is 30.3 Å². The van der Waals surface area contributed by atoms with E-state index in [-0.39, 0.29) is 17.7 Å². The second kappa shape index (κ2) is 9.85. The Balaban J connectivity index is 1.44. The van der Waals surface area contributed by atoms with E-state index in [4.69, 9.17) is 14.2 Å². The van der Waals surface area contributed by atoms with Crippen molar-refractivity contribution in [2.75, 3.05) is 46.5 Å². The maximum Gasteiger partial charge on any atom is 0.314 e. The molecule has 2 aromatic carbocycles. The van der Waals surface area contributed by atoms with E-state index in [2.05, 4.69) is 45.9 Å². The van der Waals surface area contributed by atoms with Gasteiger partial charge in [-0.25, -0.2) is 4.79 Å². The molecule has 2 atom stereocenters. The number of amides is 2. The van der Waals surface area contributed by atoms with Crippen molar-refractivity contribution in [3.8, 4) is 5.75 Å². The maximum atomic E-state index is 11.7. The van der Waals surface area contributed by atoms with Gasteiger partial charge in [0.1, 0.15) is 11.4 Å². The lowest BCUT2D eigenvalue weighted by Gasteiger charge is -2.32. The highest BCUT2D eigenvalue weighted by molar-refractivity contribution is 5.91. The van der Waals surface area contributed by atoms with Crippen LogP contribution in [0.15, 0.2) is 36.4 Å². The number of nitrogens with zero attached hydrogens (tertiary/aromatic N) is 1. The molecule has 2 aromatic rings. The lowest BCUT2D eigenvalue weighted by atomic mass is 9.99. The normalized spacial score (nSPS) is 24.3. The minimum Gasteiger partial charge on any atom is -0.496 e. The molecule has 2 saturated heterocycles. The van der Waals surface area contributed by atoms with E-state index in [1.807, 2.05) is 13.0 Å². The zero-order chi connectivity index (χ0) is 21.7. The molecule has 4 rings (SSSR count). The Morgan fingerprint density at radius 1 is 1.23 bits per heavy atom. The van der Waals surface area contributed by atoms with Crippen molar-refractivity contribution in [3.05, 3.63) is 42.0 Å². The van der Waals surface area contributed by atoms with Crippen molar-refractivity contribution in [3.63, 3.8) is 0 Å². The number of rotatable bonds is 6. The molecule has 0 aliphatic carbocycles. The molecule has 2 heterocycles. The quantitative estimate of drug-likeness (QED) is 0.742. The van der Waals surface area contributed by atoms with Gasteiger partial charge in [-0.2, -0.15) is 0 Å². The molecule has 7 nitrogen and oxygen atoms in total. The number of nitrogens with one attached hydrogen (secondary N) is 2. The van der Waals surface area contributed by atoms with E-state index in [0.29, 0.717) is 26.3 Å². The van der Waals surface area contributed by atoms with Crippen molar-refractivity contribution in [1.82, 2.24) is 15.5 Å².